The minimum Gasteiger partial charge on any atom is -0.404 e. The van der Waals surface area contributed by atoms with Crippen LogP contribution >= 0.6 is 7.82 Å². The summed E-state index contributed by atoms with van der Waals surface area (Å²) in [4.78, 5) is 24.9. The number of nitrogens with one attached hydrogen (secondary N) is 1. The molecule has 0 bridgehead atoms. The maximum absolute atomic E-state index is 15.3. The highest BCUT2D eigenvalue weighted by Crippen LogP contribution is 2.55. The molecule has 4 rings (SSSR count). The molecule has 3 N–H and O–H groups in total. The number of hydrogen-bond acceptors (Lipinski definition) is 9. The number of hydrogen-bond donors (Lipinski definition) is 3. The van der Waals surface area contributed by atoms with Gasteiger partial charge in [0.2, 0.25) is 0 Å². The van der Waals surface area contributed by atoms with Gasteiger partial charge in [-0.15, -0.1) is 0 Å². The van der Waals surface area contributed by atoms with Crippen LogP contribution in [0.2, 0.25) is 0 Å². The Balaban J connectivity index is 1.55. The second kappa shape index (κ2) is 7.38. The Bertz CT molecular complexity index is 1190. The Morgan fingerprint density at radius 2 is 2.17 bits per heavy atom. The quantitative estimate of drug-likeness (QED) is 0.561. The summed E-state index contributed by atoms with van der Waals surface area (Å²) < 4.78 is 69.3. The number of benzene rings is 1. The topological polar surface area (TPSA) is 149 Å². The number of fused-ring (bicyclic) bond motifs is 1. The highest BCUT2D eigenvalue weighted by atomic mass is 31.2. The van der Waals surface area contributed by atoms with E-state index < -0.39 is 55.8 Å². The zero-order valence-corrected chi connectivity index (χ0v) is 15.8. The molecule has 14 heteroatoms. The molecular formula is C16H15F2N2O9P. The molecule has 2 aliphatic rings. The summed E-state index contributed by atoms with van der Waals surface area (Å²) >= 11 is 0. The molecule has 1 unspecified atom stereocenters. The predicted molar refractivity (Wildman–Crippen MR) is 92.7 cm³/mol. The van der Waals surface area contributed by atoms with E-state index in [0.717, 1.165) is 30.5 Å². The monoisotopic (exact) mass is 449 g/mol. The Morgan fingerprint density at radius 3 is 2.90 bits per heavy atom. The summed E-state index contributed by atoms with van der Waals surface area (Å²) in [5.41, 5.74) is -1.81. The number of aliphatic hydroxyl groups is 2. The number of H-pyrrole nitrogens is 1. The molecule has 1 aromatic carbocycles. The molecule has 0 spiro atoms. The average molecular weight is 449 g/mol. The van der Waals surface area contributed by atoms with Gasteiger partial charge < -0.3 is 19.5 Å². The molecule has 0 saturated carbocycles. The fourth-order valence-electron chi connectivity index (χ4n) is 2.84. The van der Waals surface area contributed by atoms with Crippen molar-refractivity contribution in [2.75, 3.05) is 6.61 Å². The van der Waals surface area contributed by atoms with Gasteiger partial charge in [-0.3, -0.25) is 23.4 Å². The lowest BCUT2D eigenvalue weighted by molar-refractivity contribution is -0.205. The maximum atomic E-state index is 15.3. The van der Waals surface area contributed by atoms with Gasteiger partial charge in [-0.25, -0.2) is 18.1 Å². The molecule has 0 radical (unpaired) electrons. The zero-order valence-electron chi connectivity index (χ0n) is 15.9. The maximum Gasteiger partial charge on any atom is 0.530 e. The third-order valence-electron chi connectivity index (χ3n) is 4.36. The van der Waals surface area contributed by atoms with Gasteiger partial charge in [-0.05, 0) is 18.2 Å². The standard InChI is InChI=1S/C16H15F2N2O9P/c17-9-1-2-10-8(5-9)6-26-30(25,29-10)27-7-16(18)13(23)12(22)14(28-16)20-4-3-11(21)19-15(20)24/h1-5,12-14,22-23H,6-7H2,(H,19,21,24)/t12-,13+,14-,16-,30?/m1/s1/i14D. The Hall–Kier alpha value is -2.41. The molecule has 162 valence electrons. The molecule has 5 atom stereocenters. The van der Waals surface area contributed by atoms with Crippen molar-refractivity contribution >= 4 is 7.82 Å². The van der Waals surface area contributed by atoms with Crippen molar-refractivity contribution in [1.82, 2.24) is 9.55 Å². The van der Waals surface area contributed by atoms with Crippen LogP contribution in [0.5, 0.6) is 5.75 Å². The van der Waals surface area contributed by atoms with Crippen LogP contribution in [-0.4, -0.2) is 44.4 Å². The third-order valence-corrected chi connectivity index (χ3v) is 5.67. The first kappa shape index (κ1) is 19.5. The molecule has 11 nitrogen and oxygen atoms in total. The average Bonchev–Trinajstić information content (AvgIpc) is 2.88. The summed E-state index contributed by atoms with van der Waals surface area (Å²) in [7, 11) is -4.44. The molecule has 1 saturated heterocycles. The van der Waals surface area contributed by atoms with Crippen LogP contribution in [0.4, 0.5) is 8.78 Å². The van der Waals surface area contributed by atoms with Gasteiger partial charge in [0.05, 0.1) is 7.98 Å². The van der Waals surface area contributed by atoms with Gasteiger partial charge in [-0.2, -0.15) is 0 Å². The van der Waals surface area contributed by atoms with Gasteiger partial charge in [0.15, 0.2) is 6.20 Å². The number of aliphatic hydroxyl groups excluding tert-OH is 2. The summed E-state index contributed by atoms with van der Waals surface area (Å²) in [5, 5.41) is 20.3. The summed E-state index contributed by atoms with van der Waals surface area (Å²) in [6.45, 7) is -1.72. The lowest BCUT2D eigenvalue weighted by Crippen LogP contribution is -2.43. The number of rotatable bonds is 4. The number of phosphoric acid groups is 1. The van der Waals surface area contributed by atoms with Crippen LogP contribution in [0.15, 0.2) is 40.1 Å². The molecule has 0 aliphatic carbocycles. The first-order valence-electron chi connectivity index (χ1n) is 8.91. The fraction of sp³-hybridized carbons (Fsp3) is 0.375. The summed E-state index contributed by atoms with van der Waals surface area (Å²) in [6.07, 6.45) is -6.88. The minimum atomic E-state index is -4.44. The van der Waals surface area contributed by atoms with Crippen molar-refractivity contribution < 1.29 is 43.2 Å². The van der Waals surface area contributed by atoms with Crippen LogP contribution in [0.25, 0.3) is 0 Å². The Labute approximate surface area is 167 Å². The summed E-state index contributed by atoms with van der Waals surface area (Å²) in [6, 6.07) is 4.08. The van der Waals surface area contributed by atoms with Crippen LogP contribution in [0.3, 0.4) is 0 Å². The molecule has 0 amide bonds. The number of phosphoric ester groups is 1. The van der Waals surface area contributed by atoms with Crippen molar-refractivity contribution in [1.29, 1.82) is 0 Å². The van der Waals surface area contributed by atoms with E-state index in [0.29, 0.717) is 4.57 Å². The molecule has 2 aliphatic heterocycles. The lowest BCUT2D eigenvalue weighted by atomic mass is 10.1. The molecule has 30 heavy (non-hydrogen) atoms. The van der Waals surface area contributed by atoms with E-state index in [1.54, 1.807) is 4.98 Å². The number of aromatic amines is 1. The zero-order chi connectivity index (χ0) is 22.6. The van der Waals surface area contributed by atoms with Crippen molar-refractivity contribution in [3.8, 4) is 5.75 Å². The number of ether oxygens (including phenoxy) is 1. The van der Waals surface area contributed by atoms with Crippen LogP contribution in [0, 0.1) is 5.82 Å². The third kappa shape index (κ3) is 3.71. The first-order valence-corrected chi connectivity index (χ1v) is 9.87. The van der Waals surface area contributed by atoms with E-state index in [-0.39, 0.29) is 17.9 Å². The number of aromatic nitrogens is 2. The van der Waals surface area contributed by atoms with Gasteiger partial charge in [-0.1, -0.05) is 0 Å². The second-order valence-corrected chi connectivity index (χ2v) is 8.03. The van der Waals surface area contributed by atoms with Gasteiger partial charge >= 0.3 is 13.5 Å². The van der Waals surface area contributed by atoms with Gasteiger partial charge in [0.1, 0.15) is 30.4 Å². The smallest absolute Gasteiger partial charge is 0.404 e. The highest BCUT2D eigenvalue weighted by molar-refractivity contribution is 7.49. The normalized spacial score (nSPS) is 36.1. The molecular weight excluding hydrogens is 433 g/mol. The molecule has 2 aromatic rings. The van der Waals surface area contributed by atoms with E-state index in [1.807, 2.05) is 0 Å². The van der Waals surface area contributed by atoms with Crippen molar-refractivity contribution in [2.24, 2.45) is 0 Å². The SMILES string of the molecule is [2H][C@@]1(n2ccc(=O)[nH]c2=O)O[C@](F)(COP2(=O)OCc3cc(F)ccc3O2)[C@@H](O)[C@H]1O. The summed E-state index contributed by atoms with van der Waals surface area (Å²) in [5.74, 6) is -3.96. The van der Waals surface area contributed by atoms with Crippen LogP contribution in [-0.2, 0) is 25.0 Å². The number of halogens is 2. The highest BCUT2D eigenvalue weighted by Gasteiger charge is 2.57. The first-order chi connectivity index (χ1) is 14.5. The Morgan fingerprint density at radius 1 is 1.40 bits per heavy atom. The van der Waals surface area contributed by atoms with E-state index in [2.05, 4.69) is 0 Å². The van der Waals surface area contributed by atoms with Crippen LogP contribution in [0.1, 0.15) is 13.1 Å². The second-order valence-electron chi connectivity index (χ2n) is 6.43. The van der Waals surface area contributed by atoms with E-state index in [9.17, 15) is 28.8 Å². The van der Waals surface area contributed by atoms with E-state index >= 15 is 4.39 Å². The number of alkyl halides is 1. The van der Waals surface area contributed by atoms with Crippen molar-refractivity contribution in [2.45, 2.75) is 30.9 Å². The van der Waals surface area contributed by atoms with Crippen molar-refractivity contribution in [3.05, 3.63) is 62.7 Å². The molecule has 3 heterocycles. The minimum absolute atomic E-state index is 0.0357. The van der Waals surface area contributed by atoms with Crippen molar-refractivity contribution in [3.63, 3.8) is 0 Å². The van der Waals surface area contributed by atoms with Gasteiger partial charge in [0.25, 0.3) is 11.4 Å². The largest absolute Gasteiger partial charge is 0.530 e. The molecule has 1 aromatic heterocycles. The fourth-order valence-corrected chi connectivity index (χ4v) is 4.07. The Kier molecular flexibility index (Phi) is 4.81. The van der Waals surface area contributed by atoms with Gasteiger partial charge in [0, 0.05) is 17.8 Å². The molecule has 1 fully saturated rings. The lowest BCUT2D eigenvalue weighted by Gasteiger charge is -2.28. The van der Waals surface area contributed by atoms with Crippen LogP contribution < -0.4 is 15.8 Å². The predicted octanol–water partition coefficient (Wildman–Crippen LogP) is 0.326. The van der Waals surface area contributed by atoms with E-state index in [4.69, 9.17) is 19.7 Å². The number of nitrogens with zero attached hydrogens (tertiary/aromatic N) is 1. The van der Waals surface area contributed by atoms with E-state index in [1.165, 1.54) is 0 Å².